The van der Waals surface area contributed by atoms with Gasteiger partial charge in [-0.25, -0.2) is 0 Å². The van der Waals surface area contributed by atoms with Crippen molar-refractivity contribution < 1.29 is 14.3 Å². The van der Waals surface area contributed by atoms with Crippen molar-refractivity contribution in [1.29, 1.82) is 0 Å². The fraction of sp³-hybridized carbons (Fsp3) is 0.385. The third-order valence-corrected chi connectivity index (χ3v) is 6.99. The van der Waals surface area contributed by atoms with Crippen LogP contribution in [0.1, 0.15) is 48.0 Å². The van der Waals surface area contributed by atoms with Crippen LogP contribution in [-0.2, 0) is 4.79 Å². The molecule has 2 fully saturated rings. The van der Waals surface area contributed by atoms with E-state index in [1.165, 1.54) is 32.1 Å². The molecule has 2 aliphatic heterocycles. The van der Waals surface area contributed by atoms with Crippen molar-refractivity contribution in [3.8, 4) is 5.75 Å². The molecule has 2 aromatic rings. The predicted molar refractivity (Wildman–Crippen MR) is 129 cm³/mol. The van der Waals surface area contributed by atoms with Crippen LogP contribution in [0.4, 0.5) is 5.69 Å². The molecule has 2 heterocycles. The third kappa shape index (κ3) is 4.92. The van der Waals surface area contributed by atoms with Gasteiger partial charge in [0, 0.05) is 42.8 Å². The number of fused-ring (bicyclic) bond motifs is 1. The van der Waals surface area contributed by atoms with Crippen molar-refractivity contribution in [1.82, 2.24) is 9.80 Å². The zero-order chi connectivity index (χ0) is 22.8. The lowest BCUT2D eigenvalue weighted by Gasteiger charge is -2.40. The Balaban J connectivity index is 1.25. The Morgan fingerprint density at radius 1 is 1.03 bits per heavy atom. The zero-order valence-electron chi connectivity index (χ0n) is 18.6. The van der Waals surface area contributed by atoms with Gasteiger partial charge in [-0.05, 0) is 54.8 Å². The summed E-state index contributed by atoms with van der Waals surface area (Å²) in [7, 11) is 0. The standard InChI is InChI=1S/C26H28ClN3O3/c27-20-6-4-5-18(15-20)16-24-25(31)28-22-17-19(9-10-23(22)33-24)26(32)30-13-11-29(12-14-30)21-7-2-1-3-8-21/h4-6,9-10,15-17,21H,1-3,7-8,11-14H2,(H,28,31). The summed E-state index contributed by atoms with van der Waals surface area (Å²) in [6.45, 7) is 3.33. The van der Waals surface area contributed by atoms with Crippen LogP contribution in [0.2, 0.25) is 5.02 Å². The van der Waals surface area contributed by atoms with E-state index in [1.807, 2.05) is 17.0 Å². The van der Waals surface area contributed by atoms with E-state index >= 15 is 0 Å². The SMILES string of the molecule is O=C1Nc2cc(C(=O)N3CCN(C4CCCCC4)CC3)ccc2OC1=Cc1cccc(Cl)c1. The third-order valence-electron chi connectivity index (χ3n) is 6.76. The molecule has 1 N–H and O–H groups in total. The number of piperazine rings is 1. The maximum absolute atomic E-state index is 13.1. The number of benzene rings is 2. The van der Waals surface area contributed by atoms with Crippen LogP contribution < -0.4 is 10.1 Å². The molecule has 0 unspecified atom stereocenters. The molecule has 172 valence electrons. The molecule has 1 aliphatic carbocycles. The Bertz CT molecular complexity index is 1090. The summed E-state index contributed by atoms with van der Waals surface area (Å²) >= 11 is 6.03. The largest absolute Gasteiger partial charge is 0.449 e. The van der Waals surface area contributed by atoms with Crippen molar-refractivity contribution >= 4 is 35.2 Å². The van der Waals surface area contributed by atoms with Gasteiger partial charge in [-0.15, -0.1) is 0 Å². The molecule has 3 aliphatic rings. The summed E-state index contributed by atoms with van der Waals surface area (Å²) in [5.74, 6) is 0.341. The molecule has 1 saturated heterocycles. The number of nitrogens with one attached hydrogen (secondary N) is 1. The maximum Gasteiger partial charge on any atom is 0.291 e. The number of rotatable bonds is 3. The van der Waals surface area contributed by atoms with Crippen LogP contribution in [0, 0.1) is 0 Å². The number of ether oxygens (including phenoxy) is 1. The summed E-state index contributed by atoms with van der Waals surface area (Å²) < 4.78 is 5.82. The molecule has 0 bridgehead atoms. The first-order valence-corrected chi connectivity index (χ1v) is 12.1. The van der Waals surface area contributed by atoms with Crippen LogP contribution >= 0.6 is 11.6 Å². The molecule has 0 aromatic heterocycles. The Hall–Kier alpha value is -2.83. The van der Waals surface area contributed by atoms with E-state index in [4.69, 9.17) is 16.3 Å². The fourth-order valence-corrected chi connectivity index (χ4v) is 5.16. The van der Waals surface area contributed by atoms with E-state index in [0.29, 0.717) is 28.1 Å². The smallest absolute Gasteiger partial charge is 0.291 e. The normalized spacial score (nSPS) is 20.8. The van der Waals surface area contributed by atoms with Crippen LogP contribution in [0.15, 0.2) is 48.2 Å². The second-order valence-electron chi connectivity index (χ2n) is 8.95. The number of carbonyl (C=O) groups excluding carboxylic acids is 2. The molecule has 2 aromatic carbocycles. The average molecular weight is 466 g/mol. The minimum absolute atomic E-state index is 0.00407. The highest BCUT2D eigenvalue weighted by Crippen LogP contribution is 2.33. The molecule has 7 heteroatoms. The van der Waals surface area contributed by atoms with E-state index in [1.54, 1.807) is 36.4 Å². The first-order valence-electron chi connectivity index (χ1n) is 11.7. The summed E-state index contributed by atoms with van der Waals surface area (Å²) in [6.07, 6.45) is 8.21. The van der Waals surface area contributed by atoms with Crippen LogP contribution in [0.5, 0.6) is 5.75 Å². The number of carbonyl (C=O) groups is 2. The van der Waals surface area contributed by atoms with Gasteiger partial charge >= 0.3 is 0 Å². The van der Waals surface area contributed by atoms with Crippen molar-refractivity contribution in [2.75, 3.05) is 31.5 Å². The number of nitrogens with zero attached hydrogens (tertiary/aromatic N) is 2. The highest BCUT2D eigenvalue weighted by molar-refractivity contribution is 6.30. The fourth-order valence-electron chi connectivity index (χ4n) is 4.96. The van der Waals surface area contributed by atoms with Crippen LogP contribution in [0.25, 0.3) is 6.08 Å². The summed E-state index contributed by atoms with van der Waals surface area (Å²) in [5, 5.41) is 3.44. The molecule has 5 rings (SSSR count). The van der Waals surface area contributed by atoms with Gasteiger partial charge in [-0.2, -0.15) is 0 Å². The van der Waals surface area contributed by atoms with Gasteiger partial charge in [0.2, 0.25) is 0 Å². The maximum atomic E-state index is 13.1. The van der Waals surface area contributed by atoms with E-state index in [0.717, 1.165) is 31.7 Å². The Morgan fingerprint density at radius 2 is 1.82 bits per heavy atom. The highest BCUT2D eigenvalue weighted by atomic mass is 35.5. The minimum Gasteiger partial charge on any atom is -0.449 e. The Kier molecular flexibility index (Phi) is 6.38. The van der Waals surface area contributed by atoms with Gasteiger partial charge in [-0.3, -0.25) is 14.5 Å². The average Bonchev–Trinajstić information content (AvgIpc) is 2.84. The molecular weight excluding hydrogens is 438 g/mol. The van der Waals surface area contributed by atoms with Crippen molar-refractivity contribution in [2.24, 2.45) is 0 Å². The van der Waals surface area contributed by atoms with Crippen LogP contribution in [0.3, 0.4) is 0 Å². The molecule has 6 nitrogen and oxygen atoms in total. The zero-order valence-corrected chi connectivity index (χ0v) is 19.3. The monoisotopic (exact) mass is 465 g/mol. The molecule has 0 spiro atoms. The molecule has 33 heavy (non-hydrogen) atoms. The second kappa shape index (κ2) is 9.57. The Morgan fingerprint density at radius 3 is 2.58 bits per heavy atom. The molecule has 1 saturated carbocycles. The number of halogens is 1. The summed E-state index contributed by atoms with van der Waals surface area (Å²) in [4.78, 5) is 30.2. The van der Waals surface area contributed by atoms with Gasteiger partial charge in [-0.1, -0.05) is 43.0 Å². The lowest BCUT2D eigenvalue weighted by molar-refractivity contribution is -0.115. The summed E-state index contributed by atoms with van der Waals surface area (Å²) in [6, 6.07) is 13.1. The summed E-state index contributed by atoms with van der Waals surface area (Å²) in [5.41, 5.74) is 1.84. The molecule has 0 atom stereocenters. The second-order valence-corrected chi connectivity index (χ2v) is 9.39. The first kappa shape index (κ1) is 22.0. The first-order chi connectivity index (χ1) is 16.1. The minimum atomic E-state index is -0.354. The van der Waals surface area contributed by atoms with Gasteiger partial charge in [0.05, 0.1) is 5.69 Å². The van der Waals surface area contributed by atoms with Gasteiger partial charge in [0.1, 0.15) is 0 Å². The van der Waals surface area contributed by atoms with E-state index in [-0.39, 0.29) is 17.6 Å². The van der Waals surface area contributed by atoms with Crippen molar-refractivity contribution in [2.45, 2.75) is 38.1 Å². The van der Waals surface area contributed by atoms with Crippen LogP contribution in [-0.4, -0.2) is 53.8 Å². The number of anilines is 1. The number of hydrogen-bond donors (Lipinski definition) is 1. The topological polar surface area (TPSA) is 61.9 Å². The van der Waals surface area contributed by atoms with Crippen molar-refractivity contribution in [3.63, 3.8) is 0 Å². The van der Waals surface area contributed by atoms with Gasteiger partial charge in [0.15, 0.2) is 11.5 Å². The lowest BCUT2D eigenvalue weighted by atomic mass is 9.94. The predicted octanol–water partition coefficient (Wildman–Crippen LogP) is 4.80. The number of amides is 2. The number of hydrogen-bond acceptors (Lipinski definition) is 4. The van der Waals surface area contributed by atoms with E-state index < -0.39 is 0 Å². The lowest BCUT2D eigenvalue weighted by Crippen LogP contribution is -2.52. The highest BCUT2D eigenvalue weighted by Gasteiger charge is 2.29. The van der Waals surface area contributed by atoms with Gasteiger partial charge < -0.3 is 15.0 Å². The molecule has 2 amide bonds. The molecule has 0 radical (unpaired) electrons. The van der Waals surface area contributed by atoms with Crippen molar-refractivity contribution in [3.05, 3.63) is 64.4 Å². The van der Waals surface area contributed by atoms with E-state index in [2.05, 4.69) is 10.2 Å². The Labute approximate surface area is 199 Å². The quantitative estimate of drug-likeness (QED) is 0.661. The van der Waals surface area contributed by atoms with E-state index in [9.17, 15) is 9.59 Å². The molecular formula is C26H28ClN3O3. The van der Waals surface area contributed by atoms with Gasteiger partial charge in [0.25, 0.3) is 11.8 Å².